The Kier molecular flexibility index (Phi) is 3.83. The summed E-state index contributed by atoms with van der Waals surface area (Å²) in [4.78, 5) is 0. The van der Waals surface area contributed by atoms with Crippen molar-refractivity contribution in [3.63, 3.8) is 0 Å². The van der Waals surface area contributed by atoms with E-state index in [2.05, 4.69) is 0 Å². The molecular formula is C15H11Cl3O2. The highest BCUT2D eigenvalue weighted by Gasteiger charge is 2.25. The third kappa shape index (κ3) is 2.38. The van der Waals surface area contributed by atoms with Crippen LogP contribution in [0.25, 0.3) is 0 Å². The van der Waals surface area contributed by atoms with Gasteiger partial charge in [-0.25, -0.2) is 0 Å². The molecule has 0 spiro atoms. The SMILES string of the molecule is OC(c1cc(Cl)cc2c1OCC2)c1c(Cl)cccc1Cl. The second-order valence-corrected chi connectivity index (χ2v) is 5.87. The van der Waals surface area contributed by atoms with E-state index in [9.17, 15) is 5.11 Å². The number of hydrogen-bond donors (Lipinski definition) is 1. The fourth-order valence-electron chi connectivity index (χ4n) is 2.43. The van der Waals surface area contributed by atoms with Gasteiger partial charge in [0.1, 0.15) is 11.9 Å². The normalized spacial score (nSPS) is 14.8. The van der Waals surface area contributed by atoms with E-state index in [0.29, 0.717) is 38.6 Å². The lowest BCUT2D eigenvalue weighted by atomic mass is 9.98. The van der Waals surface area contributed by atoms with Crippen LogP contribution in [0, 0.1) is 0 Å². The predicted molar refractivity (Wildman–Crippen MR) is 81.2 cm³/mol. The Bertz CT molecular complexity index is 650. The molecule has 104 valence electrons. The van der Waals surface area contributed by atoms with Crippen molar-refractivity contribution < 1.29 is 9.84 Å². The smallest absolute Gasteiger partial charge is 0.128 e. The monoisotopic (exact) mass is 328 g/mol. The number of hydrogen-bond acceptors (Lipinski definition) is 2. The Hall–Kier alpha value is -0.930. The van der Waals surface area contributed by atoms with Gasteiger partial charge in [0.05, 0.1) is 6.61 Å². The molecule has 0 fully saturated rings. The molecule has 1 aliphatic heterocycles. The fourth-order valence-corrected chi connectivity index (χ4v) is 3.28. The van der Waals surface area contributed by atoms with Gasteiger partial charge in [-0.05, 0) is 29.8 Å². The fraction of sp³-hybridized carbons (Fsp3) is 0.200. The maximum absolute atomic E-state index is 10.6. The summed E-state index contributed by atoms with van der Waals surface area (Å²) >= 11 is 18.4. The number of aliphatic hydroxyl groups is 1. The molecule has 0 saturated carbocycles. The topological polar surface area (TPSA) is 29.5 Å². The minimum Gasteiger partial charge on any atom is -0.493 e. The summed E-state index contributed by atoms with van der Waals surface area (Å²) in [6, 6.07) is 8.67. The van der Waals surface area contributed by atoms with Gasteiger partial charge < -0.3 is 9.84 Å². The number of benzene rings is 2. The van der Waals surface area contributed by atoms with Crippen molar-refractivity contribution in [3.8, 4) is 5.75 Å². The summed E-state index contributed by atoms with van der Waals surface area (Å²) in [6.45, 7) is 0.589. The molecule has 0 radical (unpaired) electrons. The van der Waals surface area contributed by atoms with Gasteiger partial charge in [-0.15, -0.1) is 0 Å². The first kappa shape index (κ1) is 14.0. The third-order valence-electron chi connectivity index (χ3n) is 3.34. The minimum atomic E-state index is -0.971. The van der Waals surface area contributed by atoms with Gasteiger partial charge in [0.15, 0.2) is 0 Å². The van der Waals surface area contributed by atoms with Crippen molar-refractivity contribution in [1.82, 2.24) is 0 Å². The van der Waals surface area contributed by atoms with Crippen LogP contribution in [0.2, 0.25) is 15.1 Å². The lowest BCUT2D eigenvalue weighted by molar-refractivity contribution is 0.214. The number of rotatable bonds is 2. The van der Waals surface area contributed by atoms with Crippen LogP contribution in [-0.4, -0.2) is 11.7 Å². The zero-order chi connectivity index (χ0) is 14.3. The van der Waals surface area contributed by atoms with Gasteiger partial charge in [-0.1, -0.05) is 40.9 Å². The lowest BCUT2D eigenvalue weighted by Gasteiger charge is -2.18. The highest BCUT2D eigenvalue weighted by Crippen LogP contribution is 2.42. The lowest BCUT2D eigenvalue weighted by Crippen LogP contribution is -2.04. The first-order valence-corrected chi connectivity index (χ1v) is 7.28. The van der Waals surface area contributed by atoms with E-state index in [-0.39, 0.29) is 0 Å². The highest BCUT2D eigenvalue weighted by atomic mass is 35.5. The molecule has 2 aromatic rings. The average molecular weight is 330 g/mol. The van der Waals surface area contributed by atoms with Gasteiger partial charge >= 0.3 is 0 Å². The molecule has 0 saturated heterocycles. The van der Waals surface area contributed by atoms with Gasteiger partial charge in [0.2, 0.25) is 0 Å². The summed E-state index contributed by atoms with van der Waals surface area (Å²) in [5.41, 5.74) is 2.06. The minimum absolute atomic E-state index is 0.414. The molecule has 0 aliphatic carbocycles. The van der Waals surface area contributed by atoms with Crippen LogP contribution in [0.15, 0.2) is 30.3 Å². The molecule has 0 bridgehead atoms. The van der Waals surface area contributed by atoms with E-state index >= 15 is 0 Å². The summed E-state index contributed by atoms with van der Waals surface area (Å²) < 4.78 is 5.60. The van der Waals surface area contributed by atoms with Crippen molar-refractivity contribution in [1.29, 1.82) is 0 Å². The number of halogens is 3. The quantitative estimate of drug-likeness (QED) is 0.868. The maximum atomic E-state index is 10.6. The van der Waals surface area contributed by atoms with E-state index in [1.54, 1.807) is 24.3 Å². The molecule has 0 amide bonds. The summed E-state index contributed by atoms with van der Waals surface area (Å²) in [7, 11) is 0. The van der Waals surface area contributed by atoms with Crippen LogP contribution in [0.1, 0.15) is 22.8 Å². The third-order valence-corrected chi connectivity index (χ3v) is 4.22. The number of ether oxygens (including phenoxy) is 1. The van der Waals surface area contributed by atoms with Crippen LogP contribution in [0.3, 0.4) is 0 Å². The largest absolute Gasteiger partial charge is 0.493 e. The van der Waals surface area contributed by atoms with Crippen LogP contribution in [0.4, 0.5) is 0 Å². The van der Waals surface area contributed by atoms with Crippen LogP contribution < -0.4 is 4.74 Å². The summed E-state index contributed by atoms with van der Waals surface area (Å²) in [5.74, 6) is 0.679. The Morgan fingerprint density at radius 2 is 1.80 bits per heavy atom. The Morgan fingerprint density at radius 1 is 1.10 bits per heavy atom. The zero-order valence-electron chi connectivity index (χ0n) is 10.4. The molecule has 3 rings (SSSR count). The average Bonchev–Trinajstić information content (AvgIpc) is 2.85. The van der Waals surface area contributed by atoms with Crippen molar-refractivity contribution in [2.75, 3.05) is 6.61 Å². The van der Waals surface area contributed by atoms with E-state index in [0.717, 1.165) is 12.0 Å². The molecular weight excluding hydrogens is 319 g/mol. The van der Waals surface area contributed by atoms with E-state index in [1.165, 1.54) is 0 Å². The summed E-state index contributed by atoms with van der Waals surface area (Å²) in [5, 5.41) is 12.0. The van der Waals surface area contributed by atoms with Gasteiger partial charge in [0, 0.05) is 32.6 Å². The Morgan fingerprint density at radius 3 is 2.50 bits per heavy atom. The number of fused-ring (bicyclic) bond motifs is 1. The molecule has 1 N–H and O–H groups in total. The molecule has 1 aliphatic rings. The Labute approximate surface area is 131 Å². The maximum Gasteiger partial charge on any atom is 0.128 e. The molecule has 1 heterocycles. The Balaban J connectivity index is 2.14. The van der Waals surface area contributed by atoms with E-state index in [1.807, 2.05) is 6.07 Å². The zero-order valence-corrected chi connectivity index (χ0v) is 12.6. The molecule has 2 nitrogen and oxygen atoms in total. The second-order valence-electron chi connectivity index (χ2n) is 4.62. The van der Waals surface area contributed by atoms with Crippen molar-refractivity contribution in [3.05, 3.63) is 62.1 Å². The van der Waals surface area contributed by atoms with Gasteiger partial charge in [-0.2, -0.15) is 0 Å². The number of aliphatic hydroxyl groups excluding tert-OH is 1. The van der Waals surface area contributed by atoms with Crippen molar-refractivity contribution in [2.45, 2.75) is 12.5 Å². The van der Waals surface area contributed by atoms with Crippen LogP contribution in [-0.2, 0) is 6.42 Å². The molecule has 5 heteroatoms. The van der Waals surface area contributed by atoms with E-state index < -0.39 is 6.10 Å². The van der Waals surface area contributed by atoms with Gasteiger partial charge in [0.25, 0.3) is 0 Å². The molecule has 1 unspecified atom stereocenters. The highest BCUT2D eigenvalue weighted by molar-refractivity contribution is 6.36. The molecule has 1 atom stereocenters. The van der Waals surface area contributed by atoms with Crippen molar-refractivity contribution in [2.24, 2.45) is 0 Å². The second kappa shape index (κ2) is 5.45. The van der Waals surface area contributed by atoms with Crippen LogP contribution in [0.5, 0.6) is 5.75 Å². The summed E-state index contributed by atoms with van der Waals surface area (Å²) in [6.07, 6.45) is -0.187. The predicted octanol–water partition coefficient (Wildman–Crippen LogP) is 4.66. The van der Waals surface area contributed by atoms with Crippen LogP contribution >= 0.6 is 34.8 Å². The first-order chi connectivity index (χ1) is 9.58. The van der Waals surface area contributed by atoms with Gasteiger partial charge in [-0.3, -0.25) is 0 Å². The van der Waals surface area contributed by atoms with E-state index in [4.69, 9.17) is 39.5 Å². The molecule has 0 aromatic heterocycles. The molecule has 20 heavy (non-hydrogen) atoms. The first-order valence-electron chi connectivity index (χ1n) is 6.15. The van der Waals surface area contributed by atoms with Crippen molar-refractivity contribution >= 4 is 34.8 Å². The molecule has 2 aromatic carbocycles. The standard InChI is InChI=1S/C15H11Cl3O2/c16-9-6-8-4-5-20-15(8)10(7-9)14(19)13-11(17)2-1-3-12(13)18/h1-3,6-7,14,19H,4-5H2.